The summed E-state index contributed by atoms with van der Waals surface area (Å²) >= 11 is 3.12. The number of hydrogen-bond acceptors (Lipinski definition) is 3. The summed E-state index contributed by atoms with van der Waals surface area (Å²) in [6.45, 7) is 0.417. The van der Waals surface area contributed by atoms with Gasteiger partial charge in [0.1, 0.15) is 6.10 Å². The van der Waals surface area contributed by atoms with Crippen LogP contribution < -0.4 is 10.1 Å². The van der Waals surface area contributed by atoms with E-state index >= 15 is 0 Å². The predicted octanol–water partition coefficient (Wildman–Crippen LogP) is 4.45. The second-order valence-corrected chi connectivity index (χ2v) is 5.19. The molecule has 110 valence electrons. The molecule has 3 nitrogen and oxygen atoms in total. The van der Waals surface area contributed by atoms with Gasteiger partial charge in [0.05, 0.1) is 18.5 Å². The largest absolute Gasteiger partial charge is 0.573 e. The maximum absolute atomic E-state index is 12.3. The molecule has 0 fully saturated rings. The third-order valence-corrected chi connectivity index (χ3v) is 3.21. The van der Waals surface area contributed by atoms with Crippen LogP contribution in [0.15, 0.2) is 35.0 Å². The highest BCUT2D eigenvalue weighted by atomic mass is 79.9. The van der Waals surface area contributed by atoms with Crippen molar-refractivity contribution in [2.75, 3.05) is 11.9 Å². The van der Waals surface area contributed by atoms with Gasteiger partial charge >= 0.3 is 6.36 Å². The molecule has 2 rings (SSSR count). The molecule has 1 unspecified atom stereocenters. The van der Waals surface area contributed by atoms with E-state index in [9.17, 15) is 13.2 Å². The zero-order valence-corrected chi connectivity index (χ0v) is 12.0. The van der Waals surface area contributed by atoms with E-state index in [1.165, 1.54) is 12.1 Å². The Bertz CT molecular complexity index is 491. The fourth-order valence-electron chi connectivity index (χ4n) is 1.81. The quantitative estimate of drug-likeness (QED) is 0.868. The van der Waals surface area contributed by atoms with E-state index in [0.29, 0.717) is 11.0 Å². The van der Waals surface area contributed by atoms with E-state index in [-0.39, 0.29) is 17.5 Å². The lowest BCUT2D eigenvalue weighted by Crippen LogP contribution is -2.24. The Kier molecular flexibility index (Phi) is 4.80. The Balaban J connectivity index is 2.04. The minimum Gasteiger partial charge on any atom is -0.497 e. The highest BCUT2D eigenvalue weighted by Crippen LogP contribution is 2.33. The molecule has 20 heavy (non-hydrogen) atoms. The molecule has 1 atom stereocenters. The van der Waals surface area contributed by atoms with Gasteiger partial charge in [-0.05, 0) is 37.1 Å². The van der Waals surface area contributed by atoms with E-state index in [1.807, 2.05) is 6.08 Å². The van der Waals surface area contributed by atoms with Crippen molar-refractivity contribution in [1.82, 2.24) is 0 Å². The first-order valence-electron chi connectivity index (χ1n) is 6.04. The summed E-state index contributed by atoms with van der Waals surface area (Å²) in [7, 11) is 0. The Labute approximate surface area is 122 Å². The number of anilines is 1. The third kappa shape index (κ3) is 4.63. The molecule has 1 heterocycles. The second-order valence-electron chi connectivity index (χ2n) is 4.28. The number of benzene rings is 1. The molecule has 0 amide bonds. The third-order valence-electron chi connectivity index (χ3n) is 2.71. The fourth-order valence-corrected chi connectivity index (χ4v) is 2.15. The Hall–Kier alpha value is -1.37. The average molecular weight is 352 g/mol. The van der Waals surface area contributed by atoms with Gasteiger partial charge < -0.3 is 14.8 Å². The number of nitrogens with one attached hydrogen (secondary N) is 1. The lowest BCUT2D eigenvalue weighted by molar-refractivity contribution is -0.274. The van der Waals surface area contributed by atoms with Gasteiger partial charge in [0.15, 0.2) is 5.75 Å². The molecule has 0 aliphatic carbocycles. The molecule has 0 radical (unpaired) electrons. The van der Waals surface area contributed by atoms with E-state index in [4.69, 9.17) is 4.74 Å². The molecule has 1 aliphatic rings. The van der Waals surface area contributed by atoms with Crippen molar-refractivity contribution in [2.45, 2.75) is 25.3 Å². The normalized spacial score (nSPS) is 18.5. The molecule has 7 heteroatoms. The zero-order chi connectivity index (χ0) is 14.6. The number of rotatable bonds is 4. The molecule has 0 spiro atoms. The maximum atomic E-state index is 12.3. The molecule has 1 aromatic rings. The first kappa shape index (κ1) is 15.0. The van der Waals surface area contributed by atoms with Crippen molar-refractivity contribution >= 4 is 21.6 Å². The smallest absolute Gasteiger partial charge is 0.497 e. The minimum absolute atomic E-state index is 0.0533. The average Bonchev–Trinajstić information content (AvgIpc) is 2.37. The number of halogens is 4. The highest BCUT2D eigenvalue weighted by molar-refractivity contribution is 9.10. The molecule has 1 N–H and O–H groups in total. The van der Waals surface area contributed by atoms with Gasteiger partial charge in [-0.25, -0.2) is 0 Å². The van der Waals surface area contributed by atoms with Gasteiger partial charge in [-0.3, -0.25) is 0 Å². The van der Waals surface area contributed by atoms with Crippen molar-refractivity contribution in [3.8, 4) is 5.75 Å². The van der Waals surface area contributed by atoms with Crippen LogP contribution in [0.2, 0.25) is 0 Å². The Morgan fingerprint density at radius 3 is 2.85 bits per heavy atom. The van der Waals surface area contributed by atoms with E-state index in [0.717, 1.165) is 12.8 Å². The van der Waals surface area contributed by atoms with Crippen molar-refractivity contribution < 1.29 is 22.6 Å². The van der Waals surface area contributed by atoms with Crippen LogP contribution in [-0.4, -0.2) is 19.0 Å². The topological polar surface area (TPSA) is 30.5 Å². The summed E-state index contributed by atoms with van der Waals surface area (Å²) in [6.07, 6.45) is 0.483. The van der Waals surface area contributed by atoms with Crippen LogP contribution in [-0.2, 0) is 4.74 Å². The van der Waals surface area contributed by atoms with Gasteiger partial charge in [0.25, 0.3) is 0 Å². The van der Waals surface area contributed by atoms with Gasteiger partial charge in [-0.15, -0.1) is 13.2 Å². The van der Waals surface area contributed by atoms with Crippen LogP contribution >= 0.6 is 15.9 Å². The molecule has 1 aromatic carbocycles. The standard InChI is InChI=1S/C13H13BrF3NO2/c14-9-4-5-11(12(7-9)20-13(15,16)17)18-8-10-3-1-2-6-19-10/h2,4-7,10,18H,1,3,8H2. The van der Waals surface area contributed by atoms with Crippen LogP contribution in [0.3, 0.4) is 0 Å². The molecule has 1 aliphatic heterocycles. The molecule has 0 bridgehead atoms. The van der Waals surface area contributed by atoms with Crippen molar-refractivity contribution in [3.63, 3.8) is 0 Å². The summed E-state index contributed by atoms with van der Waals surface area (Å²) in [4.78, 5) is 0. The van der Waals surface area contributed by atoms with Crippen molar-refractivity contribution in [3.05, 3.63) is 35.0 Å². The summed E-state index contributed by atoms with van der Waals surface area (Å²) in [6, 6.07) is 4.45. The summed E-state index contributed by atoms with van der Waals surface area (Å²) < 4.78 is 46.9. The van der Waals surface area contributed by atoms with E-state index < -0.39 is 6.36 Å². The van der Waals surface area contributed by atoms with Crippen molar-refractivity contribution in [1.29, 1.82) is 0 Å². The second kappa shape index (κ2) is 6.39. The lowest BCUT2D eigenvalue weighted by Gasteiger charge is -2.21. The van der Waals surface area contributed by atoms with Gasteiger partial charge in [0.2, 0.25) is 0 Å². The first-order valence-corrected chi connectivity index (χ1v) is 6.83. The lowest BCUT2D eigenvalue weighted by atomic mass is 10.1. The van der Waals surface area contributed by atoms with Crippen LogP contribution in [0.1, 0.15) is 12.8 Å². The molecule has 0 saturated heterocycles. The van der Waals surface area contributed by atoms with Gasteiger partial charge in [-0.2, -0.15) is 0 Å². The summed E-state index contributed by atoms with van der Waals surface area (Å²) in [5.74, 6) is -0.266. The monoisotopic (exact) mass is 351 g/mol. The Morgan fingerprint density at radius 2 is 2.20 bits per heavy atom. The van der Waals surface area contributed by atoms with Crippen LogP contribution in [0.4, 0.5) is 18.9 Å². The van der Waals surface area contributed by atoms with E-state index in [2.05, 4.69) is 26.0 Å². The van der Waals surface area contributed by atoms with Gasteiger partial charge in [-0.1, -0.05) is 15.9 Å². The molecular formula is C13H13BrF3NO2. The number of ether oxygens (including phenoxy) is 2. The van der Waals surface area contributed by atoms with E-state index in [1.54, 1.807) is 12.3 Å². The zero-order valence-electron chi connectivity index (χ0n) is 10.4. The predicted molar refractivity (Wildman–Crippen MR) is 72.6 cm³/mol. The SMILES string of the molecule is FC(F)(F)Oc1cc(Br)ccc1NCC1CCC=CO1. The highest BCUT2D eigenvalue weighted by Gasteiger charge is 2.32. The summed E-state index contributed by atoms with van der Waals surface area (Å²) in [5.41, 5.74) is 0.281. The Morgan fingerprint density at radius 1 is 1.40 bits per heavy atom. The maximum Gasteiger partial charge on any atom is 0.573 e. The molecular weight excluding hydrogens is 339 g/mol. The summed E-state index contributed by atoms with van der Waals surface area (Å²) in [5, 5.41) is 2.93. The first-order chi connectivity index (χ1) is 9.44. The number of alkyl halides is 3. The molecule has 0 saturated carbocycles. The van der Waals surface area contributed by atoms with Crippen LogP contribution in [0.25, 0.3) is 0 Å². The fraction of sp³-hybridized carbons (Fsp3) is 0.385. The van der Waals surface area contributed by atoms with Crippen LogP contribution in [0.5, 0.6) is 5.75 Å². The number of hydrogen-bond donors (Lipinski definition) is 1. The number of allylic oxidation sites excluding steroid dienone is 1. The van der Waals surface area contributed by atoms with Crippen LogP contribution in [0, 0.1) is 0 Å². The van der Waals surface area contributed by atoms with Crippen molar-refractivity contribution in [2.24, 2.45) is 0 Å². The minimum atomic E-state index is -4.72. The molecule has 0 aromatic heterocycles. The van der Waals surface area contributed by atoms with Gasteiger partial charge in [0, 0.05) is 4.47 Å².